The van der Waals surface area contributed by atoms with Crippen LogP contribution in [0.25, 0.3) is 0 Å². The number of aliphatic hydroxyl groups is 1. The van der Waals surface area contributed by atoms with Crippen LogP contribution in [0, 0.1) is 5.41 Å². The standard InChI is InChI=1S/C15H23NO4/c1-14(2)5-7-15(19,8-6-14)10-16-9-11-3-4-12(20-11)13(17)18/h3-4,16,19H,5-10H2,1-2H3,(H,17,18). The lowest BCUT2D eigenvalue weighted by Gasteiger charge is -2.40. The average molecular weight is 281 g/mol. The Bertz CT molecular complexity index is 468. The predicted molar refractivity (Wildman–Crippen MR) is 74.6 cm³/mol. The molecule has 3 N–H and O–H groups in total. The summed E-state index contributed by atoms with van der Waals surface area (Å²) in [6.45, 7) is 5.40. The molecule has 1 aliphatic carbocycles. The number of rotatable bonds is 5. The van der Waals surface area contributed by atoms with E-state index in [1.807, 2.05) is 0 Å². The molecule has 1 saturated carbocycles. The zero-order valence-corrected chi connectivity index (χ0v) is 12.1. The van der Waals surface area contributed by atoms with Crippen LogP contribution in [-0.2, 0) is 6.54 Å². The van der Waals surface area contributed by atoms with Gasteiger partial charge in [-0.1, -0.05) is 13.8 Å². The van der Waals surface area contributed by atoms with Gasteiger partial charge in [-0.3, -0.25) is 0 Å². The Kier molecular flexibility index (Phi) is 4.20. The molecule has 5 nitrogen and oxygen atoms in total. The Morgan fingerprint density at radius 3 is 2.50 bits per heavy atom. The molecule has 2 rings (SSSR count). The van der Waals surface area contributed by atoms with Crippen LogP contribution in [0.15, 0.2) is 16.5 Å². The highest BCUT2D eigenvalue weighted by Gasteiger charge is 2.36. The van der Waals surface area contributed by atoms with Gasteiger partial charge in [-0.2, -0.15) is 0 Å². The van der Waals surface area contributed by atoms with Crippen molar-refractivity contribution in [2.75, 3.05) is 6.54 Å². The third-order valence-corrected chi connectivity index (χ3v) is 4.16. The fourth-order valence-electron chi connectivity index (χ4n) is 2.58. The van der Waals surface area contributed by atoms with E-state index in [0.29, 0.717) is 24.3 Å². The van der Waals surface area contributed by atoms with Gasteiger partial charge in [0.2, 0.25) is 5.76 Å². The van der Waals surface area contributed by atoms with Gasteiger partial charge in [0.25, 0.3) is 0 Å². The molecule has 5 heteroatoms. The van der Waals surface area contributed by atoms with Gasteiger partial charge in [-0.15, -0.1) is 0 Å². The Labute approximate surface area is 119 Å². The summed E-state index contributed by atoms with van der Waals surface area (Å²) in [4.78, 5) is 10.7. The molecular formula is C15H23NO4. The molecule has 1 fully saturated rings. The van der Waals surface area contributed by atoms with Crippen LogP contribution < -0.4 is 5.32 Å². The maximum atomic E-state index is 10.7. The number of hydrogen-bond acceptors (Lipinski definition) is 4. The molecule has 1 heterocycles. The van der Waals surface area contributed by atoms with Crippen LogP contribution in [0.2, 0.25) is 0 Å². The van der Waals surface area contributed by atoms with Crippen molar-refractivity contribution in [3.05, 3.63) is 23.7 Å². The molecule has 0 amide bonds. The molecule has 1 aliphatic rings. The molecular weight excluding hydrogens is 258 g/mol. The first-order valence-electron chi connectivity index (χ1n) is 7.05. The third kappa shape index (κ3) is 3.84. The van der Waals surface area contributed by atoms with E-state index in [4.69, 9.17) is 9.52 Å². The fraction of sp³-hybridized carbons (Fsp3) is 0.667. The van der Waals surface area contributed by atoms with Crippen molar-refractivity contribution in [3.8, 4) is 0 Å². The zero-order valence-electron chi connectivity index (χ0n) is 12.1. The van der Waals surface area contributed by atoms with E-state index in [1.54, 1.807) is 6.07 Å². The van der Waals surface area contributed by atoms with Gasteiger partial charge in [0.15, 0.2) is 0 Å². The lowest BCUT2D eigenvalue weighted by atomic mass is 9.71. The van der Waals surface area contributed by atoms with Gasteiger partial charge in [0, 0.05) is 6.54 Å². The van der Waals surface area contributed by atoms with E-state index in [2.05, 4.69) is 19.2 Å². The first kappa shape index (κ1) is 15.1. The van der Waals surface area contributed by atoms with Crippen molar-refractivity contribution >= 4 is 5.97 Å². The number of aromatic carboxylic acids is 1. The summed E-state index contributed by atoms with van der Waals surface area (Å²) in [5.41, 5.74) is -0.332. The molecule has 0 aromatic carbocycles. The normalized spacial score (nSPS) is 20.8. The van der Waals surface area contributed by atoms with Crippen molar-refractivity contribution in [2.45, 2.75) is 51.7 Å². The Balaban J connectivity index is 1.79. The van der Waals surface area contributed by atoms with Crippen LogP contribution >= 0.6 is 0 Å². The molecule has 0 unspecified atom stereocenters. The van der Waals surface area contributed by atoms with Gasteiger partial charge in [0.1, 0.15) is 5.76 Å². The average Bonchev–Trinajstić information content (AvgIpc) is 2.83. The van der Waals surface area contributed by atoms with Crippen molar-refractivity contribution < 1.29 is 19.4 Å². The molecule has 0 aliphatic heterocycles. The third-order valence-electron chi connectivity index (χ3n) is 4.16. The summed E-state index contributed by atoms with van der Waals surface area (Å²) < 4.78 is 5.16. The number of furan rings is 1. The number of hydrogen-bond donors (Lipinski definition) is 3. The largest absolute Gasteiger partial charge is 0.475 e. The zero-order chi connectivity index (χ0) is 14.8. The second kappa shape index (κ2) is 5.58. The van der Waals surface area contributed by atoms with Gasteiger partial charge >= 0.3 is 5.97 Å². The highest BCUT2D eigenvalue weighted by Crippen LogP contribution is 2.39. The van der Waals surface area contributed by atoms with Gasteiger partial charge in [0.05, 0.1) is 12.1 Å². The van der Waals surface area contributed by atoms with Crippen LogP contribution in [0.5, 0.6) is 0 Å². The number of carbonyl (C=O) groups is 1. The number of carboxylic acid groups (broad SMARTS) is 1. The van der Waals surface area contributed by atoms with Crippen LogP contribution in [0.1, 0.15) is 55.8 Å². The van der Waals surface area contributed by atoms with Gasteiger partial charge in [-0.05, 0) is 43.2 Å². The van der Waals surface area contributed by atoms with Crippen molar-refractivity contribution in [1.82, 2.24) is 5.32 Å². The minimum absolute atomic E-state index is 0.0556. The SMILES string of the molecule is CC1(C)CCC(O)(CNCc2ccc(C(=O)O)o2)CC1. The van der Waals surface area contributed by atoms with Crippen molar-refractivity contribution in [1.29, 1.82) is 0 Å². The molecule has 0 atom stereocenters. The summed E-state index contributed by atoms with van der Waals surface area (Å²) >= 11 is 0. The second-order valence-electron chi connectivity index (χ2n) is 6.56. The van der Waals surface area contributed by atoms with Crippen LogP contribution in [0.4, 0.5) is 0 Å². The topological polar surface area (TPSA) is 82.7 Å². The second-order valence-corrected chi connectivity index (χ2v) is 6.56. The monoisotopic (exact) mass is 281 g/mol. The minimum Gasteiger partial charge on any atom is -0.475 e. The molecule has 112 valence electrons. The maximum absolute atomic E-state index is 10.7. The molecule has 20 heavy (non-hydrogen) atoms. The summed E-state index contributed by atoms with van der Waals surface area (Å²) in [5.74, 6) is -0.550. The Hall–Kier alpha value is -1.33. The van der Waals surface area contributed by atoms with Crippen LogP contribution in [0.3, 0.4) is 0 Å². The highest BCUT2D eigenvalue weighted by atomic mass is 16.4. The molecule has 0 bridgehead atoms. The quantitative estimate of drug-likeness (QED) is 0.772. The summed E-state index contributed by atoms with van der Waals surface area (Å²) in [7, 11) is 0. The molecule has 1 aromatic rings. The molecule has 0 saturated heterocycles. The number of carboxylic acids is 1. The Morgan fingerprint density at radius 2 is 1.95 bits per heavy atom. The highest BCUT2D eigenvalue weighted by molar-refractivity contribution is 5.84. The minimum atomic E-state index is -1.07. The first-order chi connectivity index (χ1) is 9.30. The lowest BCUT2D eigenvalue weighted by molar-refractivity contribution is -0.0247. The maximum Gasteiger partial charge on any atom is 0.371 e. The smallest absolute Gasteiger partial charge is 0.371 e. The first-order valence-corrected chi connectivity index (χ1v) is 7.05. The van der Waals surface area contributed by atoms with E-state index < -0.39 is 11.6 Å². The van der Waals surface area contributed by atoms with E-state index in [9.17, 15) is 9.90 Å². The van der Waals surface area contributed by atoms with E-state index in [0.717, 1.165) is 25.7 Å². The summed E-state index contributed by atoms with van der Waals surface area (Å²) in [6.07, 6.45) is 3.64. The molecule has 0 spiro atoms. The number of nitrogens with one attached hydrogen (secondary N) is 1. The predicted octanol–water partition coefficient (Wildman–Crippen LogP) is 2.40. The summed E-state index contributed by atoms with van der Waals surface area (Å²) in [6, 6.07) is 3.08. The fourth-order valence-corrected chi connectivity index (χ4v) is 2.58. The molecule has 0 radical (unpaired) electrons. The van der Waals surface area contributed by atoms with E-state index in [1.165, 1.54) is 6.07 Å². The van der Waals surface area contributed by atoms with Gasteiger partial charge < -0.3 is 19.9 Å². The van der Waals surface area contributed by atoms with E-state index >= 15 is 0 Å². The van der Waals surface area contributed by atoms with Crippen molar-refractivity contribution in [2.24, 2.45) is 5.41 Å². The summed E-state index contributed by atoms with van der Waals surface area (Å²) in [5, 5.41) is 22.4. The van der Waals surface area contributed by atoms with Gasteiger partial charge in [-0.25, -0.2) is 4.79 Å². The van der Waals surface area contributed by atoms with Crippen molar-refractivity contribution in [3.63, 3.8) is 0 Å². The lowest BCUT2D eigenvalue weighted by Crippen LogP contribution is -2.44. The molecule has 1 aromatic heterocycles. The Morgan fingerprint density at radius 1 is 1.30 bits per heavy atom. The van der Waals surface area contributed by atoms with Crippen LogP contribution in [-0.4, -0.2) is 28.3 Å². The van der Waals surface area contributed by atoms with E-state index in [-0.39, 0.29) is 5.76 Å².